The predicted molar refractivity (Wildman–Crippen MR) is 47.4 cm³/mol. The molecule has 0 aliphatic rings. The van der Waals surface area contributed by atoms with Crippen LogP contribution in [0.4, 0.5) is 5.69 Å². The Balaban J connectivity index is 3.02. The molecule has 1 aromatic carbocycles. The van der Waals surface area contributed by atoms with E-state index in [1.807, 2.05) is 0 Å². The molecule has 0 bridgehead atoms. The average molecular weight is 185 g/mol. The Morgan fingerprint density at radius 2 is 1.92 bits per heavy atom. The summed E-state index contributed by atoms with van der Waals surface area (Å²) in [5, 5.41) is 2.31. The zero-order valence-corrected chi connectivity index (χ0v) is 7.45. The van der Waals surface area contributed by atoms with Crippen molar-refractivity contribution in [2.45, 2.75) is 11.8 Å². The Morgan fingerprint density at radius 3 is 2.33 bits per heavy atom. The monoisotopic (exact) mass is 185 g/mol. The van der Waals surface area contributed by atoms with Crippen molar-refractivity contribution >= 4 is 23.4 Å². The van der Waals surface area contributed by atoms with Crippen molar-refractivity contribution in [3.8, 4) is 0 Å². The van der Waals surface area contributed by atoms with E-state index in [0.717, 1.165) is 0 Å². The molecule has 5 heteroatoms. The van der Waals surface area contributed by atoms with E-state index in [1.165, 1.54) is 18.7 Å². The summed E-state index contributed by atoms with van der Waals surface area (Å²) in [6, 6.07) is 0. The minimum Gasteiger partial charge on any atom is -0.322 e. The van der Waals surface area contributed by atoms with E-state index in [2.05, 4.69) is 5.32 Å². The van der Waals surface area contributed by atoms with Gasteiger partial charge in [0, 0.05) is 6.92 Å². The summed E-state index contributed by atoms with van der Waals surface area (Å²) in [5.74, 6) is -0.336. The van der Waals surface area contributed by atoms with Crippen molar-refractivity contribution in [1.82, 2.24) is 0 Å². The summed E-state index contributed by atoms with van der Waals surface area (Å²) in [4.78, 5) is 32.5. The molecule has 0 aliphatic heterocycles. The van der Waals surface area contributed by atoms with Crippen molar-refractivity contribution in [2.75, 3.05) is 11.6 Å². The van der Waals surface area contributed by atoms with Crippen LogP contribution in [-0.2, 0) is 4.79 Å². The summed E-state index contributed by atoms with van der Waals surface area (Å²) >= 11 is 1.17. The predicted octanol–water partition coefficient (Wildman–Crippen LogP) is -0.0371. The lowest BCUT2D eigenvalue weighted by molar-refractivity contribution is -0.114. The molecule has 1 N–H and O–H groups in total. The van der Waals surface area contributed by atoms with Gasteiger partial charge in [-0.15, -0.1) is 11.8 Å². The standard InChI is InChI=1S/C7H7NO3S/c1-3(9)8-4-5(10)6(11)7(4)12-2/h1-2H3,(H,8,9). The molecule has 1 aromatic rings. The van der Waals surface area contributed by atoms with E-state index < -0.39 is 10.9 Å². The Morgan fingerprint density at radius 1 is 1.33 bits per heavy atom. The molecule has 0 fully saturated rings. The Labute approximate surface area is 72.7 Å². The molecule has 0 saturated carbocycles. The smallest absolute Gasteiger partial charge is 0.251 e. The van der Waals surface area contributed by atoms with Gasteiger partial charge in [-0.3, -0.25) is 14.4 Å². The highest BCUT2D eigenvalue weighted by atomic mass is 32.2. The van der Waals surface area contributed by atoms with Gasteiger partial charge in [0.1, 0.15) is 5.69 Å². The third kappa shape index (κ3) is 1.27. The van der Waals surface area contributed by atoms with Gasteiger partial charge in [0.25, 0.3) is 5.43 Å². The van der Waals surface area contributed by atoms with Crippen LogP contribution in [0.3, 0.4) is 0 Å². The number of thioether (sulfide) groups is 1. The van der Waals surface area contributed by atoms with Gasteiger partial charge >= 0.3 is 0 Å². The van der Waals surface area contributed by atoms with Crippen LogP contribution >= 0.6 is 11.8 Å². The van der Waals surface area contributed by atoms with Crippen molar-refractivity contribution in [2.24, 2.45) is 0 Å². The van der Waals surface area contributed by atoms with E-state index in [9.17, 15) is 14.4 Å². The van der Waals surface area contributed by atoms with Crippen molar-refractivity contribution in [3.63, 3.8) is 0 Å². The molecule has 0 atom stereocenters. The topological polar surface area (TPSA) is 63.2 Å². The largest absolute Gasteiger partial charge is 0.322 e. The van der Waals surface area contributed by atoms with Crippen LogP contribution in [0.2, 0.25) is 0 Å². The quantitative estimate of drug-likeness (QED) is 0.519. The molecule has 0 aromatic heterocycles. The van der Waals surface area contributed by atoms with E-state index in [0.29, 0.717) is 4.90 Å². The number of carbonyl (C=O) groups excluding carboxylic acids is 1. The van der Waals surface area contributed by atoms with Crippen LogP contribution in [0.5, 0.6) is 0 Å². The molecule has 0 aliphatic carbocycles. The minimum absolute atomic E-state index is 0.139. The second-order valence-electron chi connectivity index (χ2n) is 2.25. The fourth-order valence-electron chi connectivity index (χ4n) is 0.855. The van der Waals surface area contributed by atoms with Gasteiger partial charge in [0.15, 0.2) is 0 Å². The van der Waals surface area contributed by atoms with E-state index in [-0.39, 0.29) is 11.6 Å². The van der Waals surface area contributed by atoms with Crippen molar-refractivity contribution in [3.05, 3.63) is 20.4 Å². The van der Waals surface area contributed by atoms with Crippen LogP contribution in [0.1, 0.15) is 6.92 Å². The van der Waals surface area contributed by atoms with Gasteiger partial charge < -0.3 is 5.32 Å². The molecular formula is C7H7NO3S. The molecule has 12 heavy (non-hydrogen) atoms. The lowest BCUT2D eigenvalue weighted by Gasteiger charge is -2.07. The molecule has 0 heterocycles. The molecule has 1 rings (SSSR count). The number of hydrogen-bond donors (Lipinski definition) is 1. The molecular weight excluding hydrogens is 178 g/mol. The molecule has 0 saturated heterocycles. The first-order chi connectivity index (χ1) is 5.57. The lowest BCUT2D eigenvalue weighted by atomic mass is 10.2. The van der Waals surface area contributed by atoms with Crippen LogP contribution in [-0.4, -0.2) is 12.2 Å². The Hall–Kier alpha value is -1.10. The van der Waals surface area contributed by atoms with Gasteiger partial charge in [-0.25, -0.2) is 0 Å². The first kappa shape index (κ1) is 8.99. The zero-order chi connectivity index (χ0) is 9.30. The highest BCUT2D eigenvalue weighted by Gasteiger charge is 2.20. The summed E-state index contributed by atoms with van der Waals surface area (Å²) in [5.41, 5.74) is -0.971. The molecule has 0 radical (unpaired) electrons. The molecule has 4 nitrogen and oxygen atoms in total. The first-order valence-corrected chi connectivity index (χ1v) is 4.45. The Bertz CT molecular complexity index is 389. The summed E-state index contributed by atoms with van der Waals surface area (Å²) in [7, 11) is 0. The van der Waals surface area contributed by atoms with Gasteiger partial charge in [-0.1, -0.05) is 0 Å². The van der Waals surface area contributed by atoms with Crippen molar-refractivity contribution in [1.29, 1.82) is 0 Å². The highest BCUT2D eigenvalue weighted by molar-refractivity contribution is 7.98. The zero-order valence-electron chi connectivity index (χ0n) is 6.63. The maximum absolute atomic E-state index is 10.8. The number of amides is 1. The van der Waals surface area contributed by atoms with Gasteiger partial charge in [0.05, 0.1) is 4.90 Å². The number of hydrogen-bond acceptors (Lipinski definition) is 4. The normalized spacial score (nSPS) is 10.2. The van der Waals surface area contributed by atoms with E-state index >= 15 is 0 Å². The fraction of sp³-hybridized carbons (Fsp3) is 0.286. The molecule has 0 spiro atoms. The van der Waals surface area contributed by atoms with E-state index in [1.54, 1.807) is 6.26 Å². The number of anilines is 1. The molecule has 0 unspecified atom stereocenters. The summed E-state index contributed by atoms with van der Waals surface area (Å²) in [6.07, 6.45) is 1.68. The van der Waals surface area contributed by atoms with Gasteiger partial charge in [-0.05, 0) is 6.26 Å². The second-order valence-corrected chi connectivity index (χ2v) is 3.06. The van der Waals surface area contributed by atoms with Crippen LogP contribution in [0.15, 0.2) is 14.5 Å². The third-order valence-corrected chi connectivity index (χ3v) is 2.17. The highest BCUT2D eigenvalue weighted by Crippen LogP contribution is 2.18. The fourth-order valence-corrected chi connectivity index (χ4v) is 1.48. The maximum atomic E-state index is 10.8. The number of rotatable bonds is 2. The Kier molecular flexibility index (Phi) is 2.32. The third-order valence-electron chi connectivity index (χ3n) is 1.37. The number of carbonyl (C=O) groups is 1. The van der Waals surface area contributed by atoms with E-state index in [4.69, 9.17) is 0 Å². The second kappa shape index (κ2) is 3.10. The van der Waals surface area contributed by atoms with Crippen molar-refractivity contribution < 1.29 is 4.79 Å². The maximum Gasteiger partial charge on any atom is 0.251 e. The summed E-state index contributed by atoms with van der Waals surface area (Å²) < 4.78 is 0. The molecule has 1 amide bonds. The minimum atomic E-state index is -0.602. The van der Waals surface area contributed by atoms with Crippen LogP contribution < -0.4 is 16.2 Å². The lowest BCUT2D eigenvalue weighted by Crippen LogP contribution is -2.37. The van der Waals surface area contributed by atoms with Gasteiger partial charge in [-0.2, -0.15) is 0 Å². The van der Waals surface area contributed by atoms with Crippen LogP contribution in [0.25, 0.3) is 0 Å². The first-order valence-electron chi connectivity index (χ1n) is 3.22. The average Bonchev–Trinajstić information content (AvgIpc) is 2.03. The molecule has 64 valence electrons. The number of nitrogens with one attached hydrogen (secondary N) is 1. The van der Waals surface area contributed by atoms with Gasteiger partial charge in [0.2, 0.25) is 11.3 Å². The SMILES string of the molecule is CSc1c(NC(C)=O)c(=O)c1=O. The van der Waals surface area contributed by atoms with Crippen LogP contribution in [0, 0.1) is 0 Å². The summed E-state index contributed by atoms with van der Waals surface area (Å²) in [6.45, 7) is 1.29.